The number of hydrogen-bond acceptors (Lipinski definition) is 2. The Hall–Kier alpha value is -0.640. The average molecular weight is 243 g/mol. The van der Waals surface area contributed by atoms with Gasteiger partial charge in [-0.1, -0.05) is 17.7 Å². The highest BCUT2D eigenvalue weighted by Crippen LogP contribution is 2.34. The van der Waals surface area contributed by atoms with Gasteiger partial charge in [-0.2, -0.15) is 0 Å². The minimum absolute atomic E-state index is 0.0839. The van der Waals surface area contributed by atoms with Crippen molar-refractivity contribution in [3.05, 3.63) is 34.6 Å². The van der Waals surface area contributed by atoms with E-state index < -0.39 is 0 Å². The molecule has 0 amide bonds. The molecule has 0 spiro atoms. The van der Waals surface area contributed by atoms with Gasteiger partial charge in [-0.05, 0) is 37.6 Å². The zero-order valence-electron chi connectivity index (χ0n) is 9.29. The Morgan fingerprint density at radius 1 is 1.56 bits per heavy atom. The molecule has 0 aliphatic heterocycles. The Labute approximate surface area is 100 Å². The van der Waals surface area contributed by atoms with E-state index in [-0.39, 0.29) is 11.9 Å². The lowest BCUT2D eigenvalue weighted by atomic mass is 10.1. The fourth-order valence-electron chi connectivity index (χ4n) is 2.02. The number of nitrogens with zero attached hydrogens (tertiary/aromatic N) is 1. The molecule has 1 fully saturated rings. The van der Waals surface area contributed by atoms with Crippen LogP contribution in [0.25, 0.3) is 0 Å². The Morgan fingerprint density at radius 2 is 2.25 bits per heavy atom. The lowest BCUT2D eigenvalue weighted by Crippen LogP contribution is -2.32. The molecule has 0 heterocycles. The van der Waals surface area contributed by atoms with Gasteiger partial charge >= 0.3 is 0 Å². The predicted molar refractivity (Wildman–Crippen MR) is 64.0 cm³/mol. The summed E-state index contributed by atoms with van der Waals surface area (Å²) in [5.74, 6) is -0.307. The van der Waals surface area contributed by atoms with Crippen LogP contribution in [0.5, 0.6) is 0 Å². The SMILES string of the molecule is CN(C1CC1)C(CN)c1ccc(F)cc1Cl. The van der Waals surface area contributed by atoms with Gasteiger partial charge < -0.3 is 5.73 Å². The molecule has 1 aromatic carbocycles. The van der Waals surface area contributed by atoms with E-state index in [9.17, 15) is 4.39 Å². The molecular formula is C12H16ClFN2. The molecule has 1 aliphatic carbocycles. The maximum atomic E-state index is 13.0. The van der Waals surface area contributed by atoms with Crippen molar-refractivity contribution in [1.29, 1.82) is 0 Å². The summed E-state index contributed by atoms with van der Waals surface area (Å²) >= 11 is 6.05. The third kappa shape index (κ3) is 2.37. The summed E-state index contributed by atoms with van der Waals surface area (Å²) in [5.41, 5.74) is 6.70. The van der Waals surface area contributed by atoms with Crippen LogP contribution in [0.2, 0.25) is 5.02 Å². The molecule has 1 atom stereocenters. The van der Waals surface area contributed by atoms with Gasteiger partial charge in [0.15, 0.2) is 0 Å². The summed E-state index contributed by atoms with van der Waals surface area (Å²) in [5, 5.41) is 0.461. The van der Waals surface area contributed by atoms with Gasteiger partial charge in [0, 0.05) is 23.7 Å². The van der Waals surface area contributed by atoms with Gasteiger partial charge in [0.2, 0.25) is 0 Å². The van der Waals surface area contributed by atoms with E-state index in [4.69, 9.17) is 17.3 Å². The number of hydrogen-bond donors (Lipinski definition) is 1. The number of likely N-dealkylation sites (N-methyl/N-ethyl adjacent to an activating group) is 1. The summed E-state index contributed by atoms with van der Waals surface area (Å²) in [6, 6.07) is 5.20. The number of halogens is 2. The molecule has 16 heavy (non-hydrogen) atoms. The van der Waals surface area contributed by atoms with Gasteiger partial charge in [-0.3, -0.25) is 4.90 Å². The number of nitrogens with two attached hydrogens (primary N) is 1. The first kappa shape index (κ1) is 11.8. The van der Waals surface area contributed by atoms with Crippen molar-refractivity contribution in [2.75, 3.05) is 13.6 Å². The van der Waals surface area contributed by atoms with Crippen LogP contribution in [-0.4, -0.2) is 24.5 Å². The Balaban J connectivity index is 2.24. The summed E-state index contributed by atoms with van der Waals surface area (Å²) in [6.45, 7) is 0.498. The first-order valence-corrected chi connectivity index (χ1v) is 5.88. The smallest absolute Gasteiger partial charge is 0.124 e. The van der Waals surface area contributed by atoms with Crippen LogP contribution in [0.3, 0.4) is 0 Å². The first-order chi connectivity index (χ1) is 7.63. The first-order valence-electron chi connectivity index (χ1n) is 5.50. The standard InChI is InChI=1S/C12H16ClFN2/c1-16(9-3-4-9)12(7-15)10-5-2-8(14)6-11(10)13/h2,5-6,9,12H,3-4,7,15H2,1H3. The fourth-order valence-corrected chi connectivity index (χ4v) is 2.31. The van der Waals surface area contributed by atoms with E-state index in [2.05, 4.69) is 11.9 Å². The van der Waals surface area contributed by atoms with E-state index in [1.807, 2.05) is 0 Å². The topological polar surface area (TPSA) is 29.3 Å². The molecule has 2 N–H and O–H groups in total. The highest BCUT2D eigenvalue weighted by atomic mass is 35.5. The maximum Gasteiger partial charge on any atom is 0.124 e. The van der Waals surface area contributed by atoms with Crippen LogP contribution in [0.4, 0.5) is 4.39 Å². The highest BCUT2D eigenvalue weighted by molar-refractivity contribution is 6.31. The van der Waals surface area contributed by atoms with E-state index in [1.54, 1.807) is 6.07 Å². The van der Waals surface area contributed by atoms with E-state index >= 15 is 0 Å². The second-order valence-corrected chi connectivity index (χ2v) is 4.72. The third-order valence-corrected chi connectivity index (χ3v) is 3.49. The molecule has 1 aliphatic rings. The quantitative estimate of drug-likeness (QED) is 0.879. The predicted octanol–water partition coefficient (Wildman–Crippen LogP) is 2.57. The minimum Gasteiger partial charge on any atom is -0.329 e. The fraction of sp³-hybridized carbons (Fsp3) is 0.500. The molecule has 0 saturated heterocycles. The monoisotopic (exact) mass is 242 g/mol. The largest absolute Gasteiger partial charge is 0.329 e. The van der Waals surface area contributed by atoms with Gasteiger partial charge in [0.05, 0.1) is 0 Å². The molecule has 88 valence electrons. The van der Waals surface area contributed by atoms with Crippen molar-refractivity contribution in [3.63, 3.8) is 0 Å². The van der Waals surface area contributed by atoms with Crippen molar-refractivity contribution in [1.82, 2.24) is 4.90 Å². The minimum atomic E-state index is -0.307. The number of rotatable bonds is 4. The van der Waals surface area contributed by atoms with Crippen molar-refractivity contribution < 1.29 is 4.39 Å². The molecule has 1 unspecified atom stereocenters. The molecule has 1 aromatic rings. The highest BCUT2D eigenvalue weighted by Gasteiger charge is 2.31. The molecule has 1 saturated carbocycles. The Morgan fingerprint density at radius 3 is 2.75 bits per heavy atom. The molecule has 2 rings (SSSR count). The van der Waals surface area contributed by atoms with Crippen LogP contribution in [0.15, 0.2) is 18.2 Å². The summed E-state index contributed by atoms with van der Waals surface area (Å²) in [6.07, 6.45) is 2.43. The lowest BCUT2D eigenvalue weighted by Gasteiger charge is -2.27. The van der Waals surface area contributed by atoms with E-state index in [0.29, 0.717) is 17.6 Å². The molecule has 0 bridgehead atoms. The van der Waals surface area contributed by atoms with Gasteiger partial charge in [-0.25, -0.2) is 4.39 Å². The van der Waals surface area contributed by atoms with Crippen molar-refractivity contribution in [3.8, 4) is 0 Å². The van der Waals surface area contributed by atoms with Crippen LogP contribution in [-0.2, 0) is 0 Å². The van der Waals surface area contributed by atoms with Gasteiger partial charge in [0.1, 0.15) is 5.82 Å². The molecule has 4 heteroatoms. The van der Waals surface area contributed by atoms with Crippen molar-refractivity contribution in [2.45, 2.75) is 24.9 Å². The van der Waals surface area contributed by atoms with E-state index in [1.165, 1.54) is 25.0 Å². The normalized spacial score (nSPS) is 17.8. The second-order valence-electron chi connectivity index (χ2n) is 4.31. The van der Waals surface area contributed by atoms with Crippen LogP contribution in [0.1, 0.15) is 24.4 Å². The summed E-state index contributed by atoms with van der Waals surface area (Å²) in [7, 11) is 2.05. The summed E-state index contributed by atoms with van der Waals surface area (Å²) < 4.78 is 13.0. The molecular weight excluding hydrogens is 227 g/mol. The van der Waals surface area contributed by atoms with Gasteiger partial charge in [0.25, 0.3) is 0 Å². The van der Waals surface area contributed by atoms with E-state index in [0.717, 1.165) is 5.56 Å². The van der Waals surface area contributed by atoms with Crippen molar-refractivity contribution >= 4 is 11.6 Å². The van der Waals surface area contributed by atoms with Crippen LogP contribution in [0, 0.1) is 5.82 Å². The second kappa shape index (κ2) is 4.70. The van der Waals surface area contributed by atoms with Crippen LogP contribution >= 0.6 is 11.6 Å². The van der Waals surface area contributed by atoms with Crippen LogP contribution < -0.4 is 5.73 Å². The van der Waals surface area contributed by atoms with Gasteiger partial charge in [-0.15, -0.1) is 0 Å². The number of benzene rings is 1. The lowest BCUT2D eigenvalue weighted by molar-refractivity contribution is 0.240. The molecule has 2 nitrogen and oxygen atoms in total. The third-order valence-electron chi connectivity index (χ3n) is 3.16. The maximum absolute atomic E-state index is 13.0. The Kier molecular flexibility index (Phi) is 3.47. The summed E-state index contributed by atoms with van der Waals surface area (Å²) in [4.78, 5) is 2.24. The Bertz CT molecular complexity index is 379. The zero-order chi connectivity index (χ0) is 11.7. The molecule has 0 radical (unpaired) electrons. The molecule has 0 aromatic heterocycles. The van der Waals surface area contributed by atoms with Crippen molar-refractivity contribution in [2.24, 2.45) is 5.73 Å². The zero-order valence-corrected chi connectivity index (χ0v) is 10.0. The average Bonchev–Trinajstić information content (AvgIpc) is 3.05.